The number of carbonyl (C=O) groups excluding carboxylic acids is 3. The number of rotatable bonds is 7. The Morgan fingerprint density at radius 1 is 1.41 bits per heavy atom. The van der Waals surface area contributed by atoms with E-state index in [4.69, 9.17) is 10.5 Å². The van der Waals surface area contributed by atoms with Crippen LogP contribution in [0.2, 0.25) is 0 Å². The molecule has 1 fully saturated rings. The number of halogens is 2. The molecule has 0 aromatic heterocycles. The Balaban J connectivity index is 2.25. The zero-order valence-corrected chi connectivity index (χ0v) is 14.5. The van der Waals surface area contributed by atoms with Crippen LogP contribution in [0.1, 0.15) is 6.92 Å². The summed E-state index contributed by atoms with van der Waals surface area (Å²) in [5.74, 6) is -1.81. The maximum Gasteiger partial charge on any atom is 0.387 e. The number of hydrogen-bond acceptors (Lipinski definition) is 6. The van der Waals surface area contributed by atoms with Gasteiger partial charge in [-0.05, 0) is 12.1 Å². The number of alkyl halides is 2. The number of nitrogens with one attached hydrogen (secondary N) is 2. The molecule has 1 atom stereocenters. The van der Waals surface area contributed by atoms with Crippen LogP contribution in [0, 0.1) is 0 Å². The number of nitrogens with two attached hydrogens (primary N) is 1. The molecule has 1 aromatic carbocycles. The van der Waals surface area contributed by atoms with E-state index in [1.165, 1.54) is 30.0 Å². The quantitative estimate of drug-likeness (QED) is 0.609. The molecule has 0 bridgehead atoms. The maximum atomic E-state index is 12.8. The summed E-state index contributed by atoms with van der Waals surface area (Å²) < 4.78 is 35.0. The maximum absolute atomic E-state index is 12.8. The van der Waals surface area contributed by atoms with E-state index in [9.17, 15) is 23.2 Å². The third kappa shape index (κ3) is 5.59. The topological polar surface area (TPSA) is 123 Å². The Morgan fingerprint density at radius 3 is 2.74 bits per heavy atom. The SMILES string of the molecule is CC(=O)N[C@H](CN)C(=O)Nc1ccc(N2CCOCC2=O)cc1OC(F)F. The molecule has 3 amide bonds. The lowest BCUT2D eigenvalue weighted by atomic mass is 10.2. The van der Waals surface area contributed by atoms with Gasteiger partial charge in [-0.2, -0.15) is 8.78 Å². The second-order valence-electron chi connectivity index (χ2n) is 5.63. The Bertz CT molecular complexity index is 716. The Labute approximate surface area is 153 Å². The number of hydrogen-bond donors (Lipinski definition) is 3. The van der Waals surface area contributed by atoms with E-state index in [1.807, 2.05) is 0 Å². The van der Waals surface area contributed by atoms with Crippen molar-refractivity contribution in [3.05, 3.63) is 18.2 Å². The molecule has 0 spiro atoms. The van der Waals surface area contributed by atoms with Crippen molar-refractivity contribution in [2.45, 2.75) is 19.6 Å². The Morgan fingerprint density at radius 2 is 2.15 bits per heavy atom. The summed E-state index contributed by atoms with van der Waals surface area (Å²) in [5, 5.41) is 4.74. The molecule has 1 aliphatic rings. The first-order valence-corrected chi connectivity index (χ1v) is 8.06. The van der Waals surface area contributed by atoms with Crippen LogP contribution >= 0.6 is 0 Å². The molecule has 9 nitrogen and oxygen atoms in total. The van der Waals surface area contributed by atoms with E-state index in [0.29, 0.717) is 12.3 Å². The van der Waals surface area contributed by atoms with Crippen LogP contribution in [-0.2, 0) is 19.1 Å². The summed E-state index contributed by atoms with van der Waals surface area (Å²) in [7, 11) is 0. The molecule has 0 aliphatic carbocycles. The molecule has 0 unspecified atom stereocenters. The van der Waals surface area contributed by atoms with E-state index in [2.05, 4.69) is 15.4 Å². The first kappa shape index (κ1) is 20.5. The Kier molecular flexibility index (Phi) is 7.02. The van der Waals surface area contributed by atoms with Crippen molar-refractivity contribution in [1.29, 1.82) is 0 Å². The van der Waals surface area contributed by atoms with Crippen molar-refractivity contribution < 1.29 is 32.6 Å². The second kappa shape index (κ2) is 9.24. The lowest BCUT2D eigenvalue weighted by molar-refractivity contribution is -0.125. The molecule has 0 saturated carbocycles. The van der Waals surface area contributed by atoms with Crippen molar-refractivity contribution in [2.24, 2.45) is 5.73 Å². The normalized spacial score (nSPS) is 15.4. The van der Waals surface area contributed by atoms with E-state index in [-0.39, 0.29) is 37.0 Å². The van der Waals surface area contributed by atoms with Crippen LogP contribution < -0.4 is 26.0 Å². The highest BCUT2D eigenvalue weighted by Crippen LogP contribution is 2.32. The summed E-state index contributed by atoms with van der Waals surface area (Å²) >= 11 is 0. The molecule has 2 rings (SSSR count). The number of nitrogens with zero attached hydrogens (tertiary/aromatic N) is 1. The molecule has 1 aliphatic heterocycles. The van der Waals surface area contributed by atoms with Crippen LogP contribution in [0.15, 0.2) is 18.2 Å². The standard InChI is InChI=1S/C16H20F2N4O5/c1-9(23)20-12(7-19)15(25)21-11-3-2-10(6-13(11)27-16(17)18)22-4-5-26-8-14(22)24/h2-3,6,12,16H,4-5,7-8,19H2,1H3,(H,20,23)(H,21,25)/t12-/m1/s1. The number of morpholine rings is 1. The van der Waals surface area contributed by atoms with Gasteiger partial charge < -0.3 is 30.7 Å². The van der Waals surface area contributed by atoms with E-state index in [1.54, 1.807) is 0 Å². The highest BCUT2D eigenvalue weighted by atomic mass is 19.3. The smallest absolute Gasteiger partial charge is 0.387 e. The molecular formula is C16H20F2N4O5. The van der Waals surface area contributed by atoms with E-state index >= 15 is 0 Å². The van der Waals surface area contributed by atoms with Crippen LogP contribution in [-0.4, -0.2) is 56.7 Å². The van der Waals surface area contributed by atoms with Gasteiger partial charge in [0.25, 0.3) is 5.91 Å². The first-order valence-electron chi connectivity index (χ1n) is 8.06. The van der Waals surface area contributed by atoms with Crippen molar-refractivity contribution in [3.63, 3.8) is 0 Å². The lowest BCUT2D eigenvalue weighted by Crippen LogP contribution is -2.47. The molecule has 11 heteroatoms. The minimum absolute atomic E-state index is 0.0476. The average Bonchev–Trinajstić information content (AvgIpc) is 2.61. The van der Waals surface area contributed by atoms with Crippen molar-refractivity contribution in [3.8, 4) is 5.75 Å². The van der Waals surface area contributed by atoms with Crippen LogP contribution in [0.4, 0.5) is 20.2 Å². The van der Waals surface area contributed by atoms with Crippen molar-refractivity contribution in [1.82, 2.24) is 5.32 Å². The number of benzene rings is 1. The zero-order chi connectivity index (χ0) is 20.0. The molecule has 1 saturated heterocycles. The van der Waals surface area contributed by atoms with Crippen LogP contribution in [0.25, 0.3) is 0 Å². The van der Waals surface area contributed by atoms with E-state index in [0.717, 1.165) is 0 Å². The fraction of sp³-hybridized carbons (Fsp3) is 0.438. The van der Waals surface area contributed by atoms with Crippen molar-refractivity contribution in [2.75, 3.05) is 36.5 Å². The summed E-state index contributed by atoms with van der Waals surface area (Å²) in [6.07, 6.45) is 0. The summed E-state index contributed by atoms with van der Waals surface area (Å²) in [6.45, 7) is -1.65. The lowest BCUT2D eigenvalue weighted by Gasteiger charge is -2.27. The van der Waals surface area contributed by atoms with Gasteiger partial charge in [-0.25, -0.2) is 0 Å². The average molecular weight is 386 g/mol. The fourth-order valence-electron chi connectivity index (χ4n) is 2.46. The fourth-order valence-corrected chi connectivity index (χ4v) is 2.46. The number of carbonyl (C=O) groups is 3. The predicted octanol–water partition coefficient (Wildman–Crippen LogP) is 0.0531. The summed E-state index contributed by atoms with van der Waals surface area (Å²) in [5.41, 5.74) is 5.73. The van der Waals surface area contributed by atoms with Crippen LogP contribution in [0.5, 0.6) is 5.75 Å². The monoisotopic (exact) mass is 386 g/mol. The van der Waals surface area contributed by atoms with Gasteiger partial charge in [0, 0.05) is 31.8 Å². The molecule has 148 valence electrons. The summed E-state index contributed by atoms with van der Waals surface area (Å²) in [4.78, 5) is 36.6. The van der Waals surface area contributed by atoms with Crippen molar-refractivity contribution >= 4 is 29.1 Å². The van der Waals surface area contributed by atoms with Gasteiger partial charge in [-0.3, -0.25) is 14.4 Å². The molecular weight excluding hydrogens is 366 g/mol. The molecule has 1 heterocycles. The van der Waals surface area contributed by atoms with Gasteiger partial charge in [-0.15, -0.1) is 0 Å². The molecule has 0 radical (unpaired) electrons. The summed E-state index contributed by atoms with van der Waals surface area (Å²) in [6, 6.07) is 2.99. The van der Waals surface area contributed by atoms with Crippen LogP contribution in [0.3, 0.4) is 0 Å². The van der Waals surface area contributed by atoms with Gasteiger partial charge in [0.2, 0.25) is 11.8 Å². The van der Waals surface area contributed by atoms with E-state index < -0.39 is 24.5 Å². The highest BCUT2D eigenvalue weighted by Gasteiger charge is 2.24. The largest absolute Gasteiger partial charge is 0.433 e. The minimum atomic E-state index is -3.14. The number of ether oxygens (including phenoxy) is 2. The number of anilines is 2. The third-order valence-electron chi connectivity index (χ3n) is 3.67. The molecule has 1 aromatic rings. The van der Waals surface area contributed by atoms with Gasteiger partial charge in [0.1, 0.15) is 12.6 Å². The number of amides is 3. The predicted molar refractivity (Wildman–Crippen MR) is 91.5 cm³/mol. The third-order valence-corrected chi connectivity index (χ3v) is 3.67. The second-order valence-corrected chi connectivity index (χ2v) is 5.63. The van der Waals surface area contributed by atoms with Gasteiger partial charge in [0.05, 0.1) is 12.3 Å². The minimum Gasteiger partial charge on any atom is -0.433 e. The van der Waals surface area contributed by atoms with Gasteiger partial charge >= 0.3 is 6.61 Å². The molecule has 4 N–H and O–H groups in total. The highest BCUT2D eigenvalue weighted by molar-refractivity contribution is 5.99. The Hall–Kier alpha value is -2.79. The zero-order valence-electron chi connectivity index (χ0n) is 14.5. The first-order chi connectivity index (χ1) is 12.8. The van der Waals surface area contributed by atoms with Gasteiger partial charge in [-0.1, -0.05) is 0 Å². The molecule has 27 heavy (non-hydrogen) atoms. The van der Waals surface area contributed by atoms with Gasteiger partial charge in [0.15, 0.2) is 5.75 Å².